The number of likely N-dealkylation sites (N-methyl/N-ethyl adjacent to an activating group) is 1. The van der Waals surface area contributed by atoms with Crippen LogP contribution in [0.5, 0.6) is 0 Å². The molecule has 0 aliphatic rings. The number of methoxy groups -OCH3 is 2. The average molecular weight is 204 g/mol. The predicted octanol–water partition coefficient (Wildman–Crippen LogP) is -0.673. The molecule has 0 aliphatic carbocycles. The van der Waals surface area contributed by atoms with E-state index in [9.17, 15) is 4.79 Å². The van der Waals surface area contributed by atoms with Crippen LogP contribution in [0.1, 0.15) is 0 Å². The second-order valence-corrected chi connectivity index (χ2v) is 2.98. The standard InChI is InChI=1S/C9H20N2O3/c1-11(5-7-14-3)9(12)8-10-4-6-13-2/h10H,4-8H2,1-3H3. The first-order valence-electron chi connectivity index (χ1n) is 4.65. The van der Waals surface area contributed by atoms with Crippen molar-refractivity contribution in [2.24, 2.45) is 0 Å². The zero-order valence-corrected chi connectivity index (χ0v) is 9.21. The number of rotatable bonds is 8. The molecule has 0 heterocycles. The van der Waals surface area contributed by atoms with Crippen LogP contribution in [-0.2, 0) is 14.3 Å². The number of ether oxygens (including phenoxy) is 2. The van der Waals surface area contributed by atoms with Gasteiger partial charge in [0, 0.05) is 34.4 Å². The third-order valence-corrected chi connectivity index (χ3v) is 1.82. The molecule has 0 bridgehead atoms. The summed E-state index contributed by atoms with van der Waals surface area (Å²) in [7, 11) is 5.02. The third-order valence-electron chi connectivity index (χ3n) is 1.82. The summed E-state index contributed by atoms with van der Waals surface area (Å²) in [5.74, 6) is 0.0677. The molecule has 0 atom stereocenters. The second-order valence-electron chi connectivity index (χ2n) is 2.98. The maximum atomic E-state index is 11.4. The highest BCUT2D eigenvalue weighted by molar-refractivity contribution is 5.77. The molecule has 0 unspecified atom stereocenters. The van der Waals surface area contributed by atoms with E-state index in [4.69, 9.17) is 9.47 Å². The van der Waals surface area contributed by atoms with Gasteiger partial charge in [-0.2, -0.15) is 0 Å². The zero-order valence-electron chi connectivity index (χ0n) is 9.21. The van der Waals surface area contributed by atoms with Gasteiger partial charge in [0.05, 0.1) is 19.8 Å². The number of nitrogens with zero attached hydrogens (tertiary/aromatic N) is 1. The molecular formula is C9H20N2O3. The monoisotopic (exact) mass is 204 g/mol. The molecule has 0 aromatic carbocycles. The first-order chi connectivity index (χ1) is 6.72. The van der Waals surface area contributed by atoms with E-state index in [1.807, 2.05) is 0 Å². The van der Waals surface area contributed by atoms with Crippen molar-refractivity contribution in [1.29, 1.82) is 0 Å². The lowest BCUT2D eigenvalue weighted by Crippen LogP contribution is -2.38. The van der Waals surface area contributed by atoms with Crippen molar-refractivity contribution in [3.8, 4) is 0 Å². The Labute approximate surface area is 85.4 Å². The molecule has 0 aliphatic heterocycles. The van der Waals surface area contributed by atoms with Gasteiger partial charge in [-0.3, -0.25) is 4.79 Å². The highest BCUT2D eigenvalue weighted by Gasteiger charge is 2.06. The van der Waals surface area contributed by atoms with E-state index in [0.29, 0.717) is 32.8 Å². The van der Waals surface area contributed by atoms with E-state index in [1.54, 1.807) is 26.2 Å². The highest BCUT2D eigenvalue weighted by Crippen LogP contribution is 1.83. The van der Waals surface area contributed by atoms with Crippen molar-refractivity contribution >= 4 is 5.91 Å². The molecule has 0 radical (unpaired) electrons. The quantitative estimate of drug-likeness (QED) is 0.533. The second kappa shape index (κ2) is 8.93. The molecule has 14 heavy (non-hydrogen) atoms. The van der Waals surface area contributed by atoms with Crippen LogP contribution in [0.3, 0.4) is 0 Å². The Morgan fingerprint density at radius 1 is 1.29 bits per heavy atom. The van der Waals surface area contributed by atoms with Gasteiger partial charge in [-0.25, -0.2) is 0 Å². The van der Waals surface area contributed by atoms with Gasteiger partial charge in [0.15, 0.2) is 0 Å². The summed E-state index contributed by atoms with van der Waals surface area (Å²) in [5.41, 5.74) is 0. The molecule has 84 valence electrons. The average Bonchev–Trinajstić information content (AvgIpc) is 2.20. The molecule has 5 nitrogen and oxygen atoms in total. The molecule has 1 amide bonds. The Kier molecular flexibility index (Phi) is 8.51. The Bertz CT molecular complexity index is 153. The maximum Gasteiger partial charge on any atom is 0.236 e. The largest absolute Gasteiger partial charge is 0.383 e. The Morgan fingerprint density at radius 2 is 1.93 bits per heavy atom. The van der Waals surface area contributed by atoms with Gasteiger partial charge in [0.1, 0.15) is 0 Å². The number of nitrogens with one attached hydrogen (secondary N) is 1. The first-order valence-corrected chi connectivity index (χ1v) is 4.65. The van der Waals surface area contributed by atoms with Gasteiger partial charge >= 0.3 is 0 Å². The molecule has 0 spiro atoms. The topological polar surface area (TPSA) is 50.8 Å². The van der Waals surface area contributed by atoms with Crippen LogP contribution in [0.15, 0.2) is 0 Å². The van der Waals surface area contributed by atoms with E-state index >= 15 is 0 Å². The van der Waals surface area contributed by atoms with Crippen molar-refractivity contribution in [2.45, 2.75) is 0 Å². The van der Waals surface area contributed by atoms with Crippen LogP contribution in [0.25, 0.3) is 0 Å². The van der Waals surface area contributed by atoms with Gasteiger partial charge in [-0.1, -0.05) is 0 Å². The van der Waals surface area contributed by atoms with Crippen molar-refractivity contribution in [3.63, 3.8) is 0 Å². The maximum absolute atomic E-state index is 11.4. The molecule has 0 aromatic rings. The molecule has 0 fully saturated rings. The predicted molar refractivity (Wildman–Crippen MR) is 54.3 cm³/mol. The van der Waals surface area contributed by atoms with Crippen LogP contribution in [-0.4, -0.2) is 64.9 Å². The lowest BCUT2D eigenvalue weighted by molar-refractivity contribution is -0.129. The van der Waals surface area contributed by atoms with Crippen LogP contribution >= 0.6 is 0 Å². The van der Waals surface area contributed by atoms with Crippen LogP contribution in [0.2, 0.25) is 0 Å². The molecule has 0 rings (SSSR count). The van der Waals surface area contributed by atoms with E-state index < -0.39 is 0 Å². The van der Waals surface area contributed by atoms with Crippen LogP contribution in [0.4, 0.5) is 0 Å². The summed E-state index contributed by atoms with van der Waals surface area (Å²) in [5, 5.41) is 2.99. The normalized spacial score (nSPS) is 10.2. The van der Waals surface area contributed by atoms with Crippen LogP contribution in [0, 0.1) is 0 Å². The summed E-state index contributed by atoms with van der Waals surface area (Å²) in [6, 6.07) is 0. The van der Waals surface area contributed by atoms with Gasteiger partial charge < -0.3 is 19.7 Å². The first kappa shape index (κ1) is 13.4. The molecule has 0 aromatic heterocycles. The minimum atomic E-state index is 0.0677. The summed E-state index contributed by atoms with van der Waals surface area (Å²) in [6.07, 6.45) is 0. The summed E-state index contributed by atoms with van der Waals surface area (Å²) < 4.78 is 9.71. The SMILES string of the molecule is COCCNCC(=O)N(C)CCOC. The number of carbonyl (C=O) groups excluding carboxylic acids is 1. The van der Waals surface area contributed by atoms with Gasteiger partial charge in [0.25, 0.3) is 0 Å². The van der Waals surface area contributed by atoms with Crippen LogP contribution < -0.4 is 5.32 Å². The molecular weight excluding hydrogens is 184 g/mol. The fraction of sp³-hybridized carbons (Fsp3) is 0.889. The van der Waals surface area contributed by atoms with Crippen molar-refractivity contribution in [1.82, 2.24) is 10.2 Å². The van der Waals surface area contributed by atoms with Crippen molar-refractivity contribution in [2.75, 3.05) is 54.1 Å². The Hall–Kier alpha value is -0.650. The summed E-state index contributed by atoms with van der Waals surface area (Å²) in [4.78, 5) is 13.0. The fourth-order valence-corrected chi connectivity index (χ4v) is 0.857. The lowest BCUT2D eigenvalue weighted by atomic mass is 10.5. The highest BCUT2D eigenvalue weighted by atomic mass is 16.5. The smallest absolute Gasteiger partial charge is 0.236 e. The van der Waals surface area contributed by atoms with Gasteiger partial charge in [-0.15, -0.1) is 0 Å². The van der Waals surface area contributed by atoms with E-state index in [2.05, 4.69) is 5.32 Å². The van der Waals surface area contributed by atoms with Gasteiger partial charge in [0.2, 0.25) is 5.91 Å². The summed E-state index contributed by atoms with van der Waals surface area (Å²) >= 11 is 0. The molecule has 0 saturated carbocycles. The third kappa shape index (κ3) is 6.82. The fourth-order valence-electron chi connectivity index (χ4n) is 0.857. The van der Waals surface area contributed by atoms with Crippen molar-refractivity contribution < 1.29 is 14.3 Å². The lowest BCUT2D eigenvalue weighted by Gasteiger charge is -2.16. The van der Waals surface area contributed by atoms with E-state index in [0.717, 1.165) is 0 Å². The summed E-state index contributed by atoms with van der Waals surface area (Å²) in [6.45, 7) is 2.86. The number of amides is 1. The number of carbonyl (C=O) groups is 1. The van der Waals surface area contributed by atoms with E-state index in [1.165, 1.54) is 0 Å². The Morgan fingerprint density at radius 3 is 2.50 bits per heavy atom. The molecule has 0 saturated heterocycles. The number of hydrogen-bond acceptors (Lipinski definition) is 4. The number of hydrogen-bond donors (Lipinski definition) is 1. The molecule has 5 heteroatoms. The van der Waals surface area contributed by atoms with E-state index in [-0.39, 0.29) is 5.91 Å². The van der Waals surface area contributed by atoms with Gasteiger partial charge in [-0.05, 0) is 0 Å². The minimum Gasteiger partial charge on any atom is -0.383 e. The zero-order chi connectivity index (χ0) is 10.8. The Balaban J connectivity index is 3.42. The minimum absolute atomic E-state index is 0.0677. The van der Waals surface area contributed by atoms with Crippen molar-refractivity contribution in [3.05, 3.63) is 0 Å². The molecule has 1 N–H and O–H groups in total.